The van der Waals surface area contributed by atoms with Crippen LogP contribution in [0.3, 0.4) is 0 Å². The van der Waals surface area contributed by atoms with Crippen molar-refractivity contribution in [2.45, 2.75) is 64.0 Å². The molecule has 1 fully saturated rings. The monoisotopic (exact) mass is 253 g/mol. The van der Waals surface area contributed by atoms with E-state index in [2.05, 4.69) is 23.7 Å². The highest BCUT2D eigenvalue weighted by Crippen LogP contribution is 2.29. The van der Waals surface area contributed by atoms with Crippen LogP contribution in [0, 0.1) is 0 Å². The molecule has 0 bridgehead atoms. The molecule has 0 spiro atoms. The number of hydrogen-bond acceptors (Lipinski definition) is 4. The Morgan fingerprint density at radius 1 is 1.50 bits per heavy atom. The van der Waals surface area contributed by atoms with E-state index >= 15 is 0 Å². The molecule has 104 valence electrons. The maximum absolute atomic E-state index is 6.06. The van der Waals surface area contributed by atoms with Crippen molar-refractivity contribution < 1.29 is 4.74 Å². The highest BCUT2D eigenvalue weighted by molar-refractivity contribution is 5.81. The van der Waals surface area contributed by atoms with Crippen molar-refractivity contribution in [3.05, 3.63) is 0 Å². The number of nitrogens with two attached hydrogens (primary N) is 1. The molecule has 0 saturated carbocycles. The fraction of sp³-hybridized carbons (Fsp3) is 0.929. The van der Waals surface area contributed by atoms with Crippen molar-refractivity contribution in [2.24, 2.45) is 10.7 Å². The maximum Gasteiger partial charge on any atom is 0.191 e. The van der Waals surface area contributed by atoms with Gasteiger partial charge in [-0.15, -0.1) is 0 Å². The molecular formula is C14H27N3O. The molecule has 0 aromatic carbocycles. The van der Waals surface area contributed by atoms with E-state index in [9.17, 15) is 0 Å². The minimum atomic E-state index is 0.116. The smallest absolute Gasteiger partial charge is 0.191 e. The van der Waals surface area contributed by atoms with Gasteiger partial charge in [-0.25, -0.2) is 0 Å². The van der Waals surface area contributed by atoms with Gasteiger partial charge in [0.25, 0.3) is 0 Å². The van der Waals surface area contributed by atoms with Gasteiger partial charge in [0.1, 0.15) is 0 Å². The Hall–Kier alpha value is -0.770. The van der Waals surface area contributed by atoms with Crippen molar-refractivity contribution in [3.8, 4) is 0 Å². The average Bonchev–Trinajstić information content (AvgIpc) is 2.94. The van der Waals surface area contributed by atoms with E-state index < -0.39 is 0 Å². The molecule has 4 heteroatoms. The number of guanidine groups is 1. The van der Waals surface area contributed by atoms with Crippen LogP contribution in [0.2, 0.25) is 0 Å². The van der Waals surface area contributed by atoms with Crippen LogP contribution < -0.4 is 5.73 Å². The third kappa shape index (κ3) is 2.97. The SMILES string of the molecule is CCCCCC1(C)CN=C(N)N1CC1CCCO1. The number of aliphatic imine (C=N–C) groups is 1. The predicted octanol–water partition coefficient (Wildman–Crippen LogP) is 2.13. The minimum Gasteiger partial charge on any atom is -0.376 e. The molecule has 2 N–H and O–H groups in total. The zero-order chi connectivity index (χ0) is 13.0. The summed E-state index contributed by atoms with van der Waals surface area (Å²) in [6, 6.07) is 0. The summed E-state index contributed by atoms with van der Waals surface area (Å²) in [5.74, 6) is 0.712. The quantitative estimate of drug-likeness (QED) is 0.738. The van der Waals surface area contributed by atoms with Gasteiger partial charge < -0.3 is 15.4 Å². The number of ether oxygens (including phenoxy) is 1. The summed E-state index contributed by atoms with van der Waals surface area (Å²) in [6.07, 6.45) is 7.69. The molecule has 0 aromatic rings. The van der Waals surface area contributed by atoms with E-state index in [1.165, 1.54) is 32.1 Å². The van der Waals surface area contributed by atoms with E-state index in [1.807, 2.05) is 0 Å². The van der Waals surface area contributed by atoms with Crippen LogP contribution in [0.15, 0.2) is 4.99 Å². The summed E-state index contributed by atoms with van der Waals surface area (Å²) in [4.78, 5) is 6.75. The van der Waals surface area contributed by atoms with E-state index in [1.54, 1.807) is 0 Å². The zero-order valence-corrected chi connectivity index (χ0v) is 11.8. The van der Waals surface area contributed by atoms with Crippen LogP contribution in [0.1, 0.15) is 52.4 Å². The number of unbranched alkanes of at least 4 members (excludes halogenated alkanes) is 2. The van der Waals surface area contributed by atoms with E-state index in [-0.39, 0.29) is 5.54 Å². The van der Waals surface area contributed by atoms with Crippen LogP contribution in [0.25, 0.3) is 0 Å². The fourth-order valence-corrected chi connectivity index (χ4v) is 2.97. The lowest BCUT2D eigenvalue weighted by Crippen LogP contribution is -2.52. The minimum absolute atomic E-state index is 0.116. The van der Waals surface area contributed by atoms with Gasteiger partial charge in [-0.1, -0.05) is 26.2 Å². The molecule has 0 radical (unpaired) electrons. The average molecular weight is 253 g/mol. The van der Waals surface area contributed by atoms with Gasteiger partial charge in [0, 0.05) is 13.2 Å². The first-order chi connectivity index (χ1) is 8.65. The summed E-state index contributed by atoms with van der Waals surface area (Å²) in [6.45, 7) is 7.20. The first kappa shape index (κ1) is 13.7. The van der Waals surface area contributed by atoms with Gasteiger partial charge in [-0.3, -0.25) is 4.99 Å². The standard InChI is InChI=1S/C14H27N3O/c1-3-4-5-8-14(2)11-16-13(15)17(14)10-12-7-6-9-18-12/h12H,3-11H2,1-2H3,(H2,15,16). The van der Waals surface area contributed by atoms with E-state index in [0.717, 1.165) is 26.1 Å². The Morgan fingerprint density at radius 3 is 3.00 bits per heavy atom. The number of hydrogen-bond donors (Lipinski definition) is 1. The van der Waals surface area contributed by atoms with Crippen LogP contribution in [-0.4, -0.2) is 42.2 Å². The van der Waals surface area contributed by atoms with Crippen LogP contribution in [-0.2, 0) is 4.74 Å². The van der Waals surface area contributed by atoms with Gasteiger partial charge >= 0.3 is 0 Å². The molecule has 2 unspecified atom stereocenters. The lowest BCUT2D eigenvalue weighted by Gasteiger charge is -2.37. The van der Waals surface area contributed by atoms with Crippen molar-refractivity contribution >= 4 is 5.96 Å². The maximum atomic E-state index is 6.06. The molecule has 2 aliphatic rings. The molecule has 4 nitrogen and oxygen atoms in total. The second kappa shape index (κ2) is 5.91. The topological polar surface area (TPSA) is 50.8 Å². The Labute approximate surface area is 111 Å². The van der Waals surface area contributed by atoms with Gasteiger partial charge in [-0.05, 0) is 26.2 Å². The van der Waals surface area contributed by atoms with Gasteiger partial charge in [0.2, 0.25) is 0 Å². The number of rotatable bonds is 6. The molecule has 1 saturated heterocycles. The first-order valence-corrected chi connectivity index (χ1v) is 7.35. The summed E-state index contributed by atoms with van der Waals surface area (Å²) >= 11 is 0. The fourth-order valence-electron chi connectivity index (χ4n) is 2.97. The third-order valence-corrected chi connectivity index (χ3v) is 4.24. The Kier molecular flexibility index (Phi) is 4.49. The van der Waals surface area contributed by atoms with E-state index in [4.69, 9.17) is 10.5 Å². The first-order valence-electron chi connectivity index (χ1n) is 7.35. The van der Waals surface area contributed by atoms with Gasteiger partial charge in [0.05, 0.1) is 18.2 Å². The highest BCUT2D eigenvalue weighted by Gasteiger charge is 2.38. The summed E-state index contributed by atoms with van der Waals surface area (Å²) in [5, 5.41) is 0. The van der Waals surface area contributed by atoms with Crippen LogP contribution in [0.5, 0.6) is 0 Å². The summed E-state index contributed by atoms with van der Waals surface area (Å²) in [5.41, 5.74) is 6.17. The summed E-state index contributed by atoms with van der Waals surface area (Å²) < 4.78 is 5.73. The normalized spacial score (nSPS) is 32.0. The molecule has 18 heavy (non-hydrogen) atoms. The summed E-state index contributed by atoms with van der Waals surface area (Å²) in [7, 11) is 0. The predicted molar refractivity (Wildman–Crippen MR) is 74.7 cm³/mol. The number of nitrogens with zero attached hydrogens (tertiary/aromatic N) is 2. The molecular weight excluding hydrogens is 226 g/mol. The molecule has 2 heterocycles. The second-order valence-corrected chi connectivity index (χ2v) is 5.87. The third-order valence-electron chi connectivity index (χ3n) is 4.24. The Balaban J connectivity index is 1.92. The lowest BCUT2D eigenvalue weighted by molar-refractivity contribution is 0.0668. The van der Waals surface area contributed by atoms with Crippen molar-refractivity contribution in [2.75, 3.05) is 19.7 Å². The molecule has 2 atom stereocenters. The molecule has 0 aromatic heterocycles. The molecule has 0 aliphatic carbocycles. The zero-order valence-electron chi connectivity index (χ0n) is 11.8. The van der Waals surface area contributed by atoms with Crippen molar-refractivity contribution in [1.82, 2.24) is 4.90 Å². The highest BCUT2D eigenvalue weighted by atomic mass is 16.5. The van der Waals surface area contributed by atoms with E-state index in [0.29, 0.717) is 12.1 Å². The second-order valence-electron chi connectivity index (χ2n) is 5.87. The molecule has 0 amide bonds. The van der Waals surface area contributed by atoms with Gasteiger partial charge in [-0.2, -0.15) is 0 Å². The largest absolute Gasteiger partial charge is 0.376 e. The molecule has 2 rings (SSSR count). The van der Waals surface area contributed by atoms with Crippen LogP contribution >= 0.6 is 0 Å². The Bertz CT molecular complexity index is 299. The van der Waals surface area contributed by atoms with Crippen LogP contribution in [0.4, 0.5) is 0 Å². The van der Waals surface area contributed by atoms with Gasteiger partial charge in [0.15, 0.2) is 5.96 Å². The lowest BCUT2D eigenvalue weighted by atomic mass is 9.93. The Morgan fingerprint density at radius 2 is 2.33 bits per heavy atom. The van der Waals surface area contributed by atoms with Crippen molar-refractivity contribution in [1.29, 1.82) is 0 Å². The molecule has 2 aliphatic heterocycles. The van der Waals surface area contributed by atoms with Crippen molar-refractivity contribution in [3.63, 3.8) is 0 Å².